The normalized spacial score (nSPS) is 22.2. The number of likely N-dealkylation sites (N-methyl/N-ethyl adjacent to an activating group) is 1. The average molecular weight is 1030 g/mol. The van der Waals surface area contributed by atoms with Crippen LogP contribution in [0.1, 0.15) is 156 Å². The molecule has 0 spiro atoms. The molecule has 71 heavy (non-hydrogen) atoms. The Hall–Kier alpha value is -2.25. The number of rotatable bonds is 26. The van der Waals surface area contributed by atoms with Gasteiger partial charge in [0.25, 0.3) is 0 Å². The first-order chi connectivity index (χ1) is 33.3. The summed E-state index contributed by atoms with van der Waals surface area (Å²) in [6.07, 6.45) is -2.36. The molecule has 1 aliphatic heterocycles. The molecule has 3 rings (SSSR count). The van der Waals surface area contributed by atoms with E-state index in [-0.39, 0.29) is 36.7 Å². The van der Waals surface area contributed by atoms with Crippen LogP contribution in [0.25, 0.3) is 10.8 Å². The summed E-state index contributed by atoms with van der Waals surface area (Å²) in [5.41, 5.74) is -3.16. The molecule has 0 bridgehead atoms. The van der Waals surface area contributed by atoms with Gasteiger partial charge in [-0.3, -0.25) is 4.79 Å². The predicted molar refractivity (Wildman–Crippen MR) is 292 cm³/mol. The van der Waals surface area contributed by atoms with Gasteiger partial charge < -0.3 is 64.8 Å². The molecule has 1 aliphatic rings. The Morgan fingerprint density at radius 1 is 0.972 bits per heavy atom. The number of anilines is 1. The highest BCUT2D eigenvalue weighted by Crippen LogP contribution is 2.36. The first kappa shape index (κ1) is 70.8. The molecule has 1 aromatic carbocycles. The van der Waals surface area contributed by atoms with Gasteiger partial charge in [-0.05, 0) is 126 Å². The van der Waals surface area contributed by atoms with Crippen LogP contribution < -0.4 is 10.6 Å². The number of fused-ring (bicyclic) bond motifs is 1. The van der Waals surface area contributed by atoms with E-state index in [1.165, 1.54) is 20.3 Å². The molecule has 1 saturated heterocycles. The van der Waals surface area contributed by atoms with Gasteiger partial charge in [-0.1, -0.05) is 112 Å². The van der Waals surface area contributed by atoms with Crippen molar-refractivity contribution in [3.8, 4) is 0 Å². The van der Waals surface area contributed by atoms with Crippen molar-refractivity contribution in [2.24, 2.45) is 17.8 Å². The van der Waals surface area contributed by atoms with E-state index >= 15 is 0 Å². The molecule has 0 amide bonds. The van der Waals surface area contributed by atoms with Gasteiger partial charge in [-0.2, -0.15) is 0 Å². The molecule has 1 aromatic heterocycles. The number of esters is 1. The van der Waals surface area contributed by atoms with Crippen LogP contribution in [0.5, 0.6) is 0 Å². The number of halogens is 1. The maximum atomic E-state index is 13.5. The quantitative estimate of drug-likeness (QED) is 0.0267. The standard InChI is InChI=1S/C41H69ClN4O9.C7H16O2.C3H8.2C2H6/c1-12-32(41(8,51)28(6)47)54-38(49)27(5)34(48)26(4)36(40(7,50)22-24(2)23-43-9)55-39-35(31(46(10)11)20-25(3)53-39)52-19-15-18-44-37-30-17-14-13-16-29(30)21-33(42)45-37;1-4-5-9-7(3)6(2)8;1-3-2;2*1-2/h13-14,16-17,21,24-28,31-32,34-36,39,43,47-48,50-51H,12,15,18-20,22-23H2,1-11H3,(H,44,45);6-8H,4-5H2,1-3H3;3H2,1-2H3;2*1-2H3/t24-,25?,26+,27?,28?,31?,32-,34+,35-,36-,39?,40-,41+;6-,7?;;;/m11.../s1. The largest absolute Gasteiger partial charge is 0.459 e. The molecule has 6 unspecified atom stereocenters. The summed E-state index contributed by atoms with van der Waals surface area (Å²) < 4.78 is 30.7. The SMILES string of the molecule is CC.CC.CCC.CCCOC(C)[C@@H](C)O.CC[C@@H](OC(=O)C(C)[C@@H](O)[C@H](C)[C@@H](OC1OC(C)CC(N(C)C)[C@H]1OCCCNc1nc(Cl)cc2ccccc12)[C@](C)(O)C[C@@H](C)CNC)[C@@](C)(O)C(C)O. The van der Waals surface area contributed by atoms with E-state index in [1.54, 1.807) is 34.6 Å². The fourth-order valence-corrected chi connectivity index (χ4v) is 8.40. The Kier molecular flexibility index (Phi) is 37.4. The molecule has 2 aromatic rings. The Morgan fingerprint density at radius 3 is 2.08 bits per heavy atom. The lowest BCUT2D eigenvalue weighted by Gasteiger charge is -2.47. The minimum absolute atomic E-state index is 0.0232. The fourth-order valence-electron chi connectivity index (χ4n) is 8.19. The van der Waals surface area contributed by atoms with Gasteiger partial charge >= 0.3 is 5.97 Å². The maximum absolute atomic E-state index is 13.5. The zero-order valence-corrected chi connectivity index (χ0v) is 48.7. The lowest BCUT2D eigenvalue weighted by molar-refractivity contribution is -0.306. The van der Waals surface area contributed by atoms with Gasteiger partial charge in [0.1, 0.15) is 28.8 Å². The van der Waals surface area contributed by atoms with Crippen molar-refractivity contribution in [1.82, 2.24) is 15.2 Å². The molecule has 2 heterocycles. The fraction of sp³-hybridized carbons (Fsp3) is 0.818. The van der Waals surface area contributed by atoms with Crippen molar-refractivity contribution in [1.29, 1.82) is 0 Å². The maximum Gasteiger partial charge on any atom is 0.311 e. The molecule has 0 saturated carbocycles. The molecule has 1 fully saturated rings. The van der Waals surface area contributed by atoms with E-state index in [1.807, 2.05) is 99.9 Å². The lowest BCUT2D eigenvalue weighted by Crippen LogP contribution is -2.60. The number of benzene rings is 1. The number of aliphatic hydroxyl groups excluding tert-OH is 3. The number of hydrogen-bond acceptors (Lipinski definition) is 15. The molecule has 16 heteroatoms. The first-order valence-electron chi connectivity index (χ1n) is 26.7. The van der Waals surface area contributed by atoms with Crippen LogP contribution in [-0.2, 0) is 28.5 Å². The van der Waals surface area contributed by atoms with Crippen molar-refractivity contribution in [2.45, 2.75) is 229 Å². The third kappa shape index (κ3) is 24.8. The smallest absolute Gasteiger partial charge is 0.311 e. The molecular formula is C55H105ClN4O11. The van der Waals surface area contributed by atoms with Crippen LogP contribution in [-0.4, -0.2) is 161 Å². The van der Waals surface area contributed by atoms with Gasteiger partial charge in [0.15, 0.2) is 6.29 Å². The van der Waals surface area contributed by atoms with Crippen LogP contribution in [0.3, 0.4) is 0 Å². The molecule has 15 atom stereocenters. The number of aromatic nitrogens is 1. The first-order valence-corrected chi connectivity index (χ1v) is 27.1. The van der Waals surface area contributed by atoms with Crippen LogP contribution in [0.4, 0.5) is 5.82 Å². The number of aliphatic hydroxyl groups is 5. The Labute approximate surface area is 436 Å². The molecular weight excluding hydrogens is 928 g/mol. The Bertz CT molecular complexity index is 1650. The zero-order valence-electron chi connectivity index (χ0n) is 47.9. The summed E-state index contributed by atoms with van der Waals surface area (Å²) >= 11 is 6.30. The topological polar surface area (TPSA) is 205 Å². The monoisotopic (exact) mass is 1030 g/mol. The number of nitrogens with zero attached hydrogens (tertiary/aromatic N) is 2. The number of carbonyl (C=O) groups excluding carboxylic acids is 1. The van der Waals surface area contributed by atoms with Crippen molar-refractivity contribution >= 4 is 34.2 Å². The van der Waals surface area contributed by atoms with Crippen LogP contribution in [0.15, 0.2) is 30.3 Å². The molecule has 0 radical (unpaired) electrons. The van der Waals surface area contributed by atoms with Gasteiger partial charge in [-0.25, -0.2) is 4.98 Å². The molecule has 7 N–H and O–H groups in total. The highest BCUT2D eigenvalue weighted by Gasteiger charge is 2.49. The second-order valence-corrected chi connectivity index (χ2v) is 19.8. The minimum Gasteiger partial charge on any atom is -0.459 e. The molecule has 418 valence electrons. The van der Waals surface area contributed by atoms with E-state index in [0.29, 0.717) is 49.9 Å². The minimum atomic E-state index is -1.69. The third-order valence-corrected chi connectivity index (χ3v) is 12.6. The summed E-state index contributed by atoms with van der Waals surface area (Å²) in [5.74, 6) is -1.85. The number of ether oxygens (including phenoxy) is 5. The van der Waals surface area contributed by atoms with Crippen LogP contribution in [0, 0.1) is 17.8 Å². The molecule has 15 nitrogen and oxygen atoms in total. The number of nitrogens with one attached hydrogen (secondary N) is 2. The van der Waals surface area contributed by atoms with E-state index < -0.39 is 65.8 Å². The average Bonchev–Trinajstić information content (AvgIpc) is 3.32. The van der Waals surface area contributed by atoms with Crippen LogP contribution >= 0.6 is 11.6 Å². The number of carbonyl (C=O) groups is 1. The van der Waals surface area contributed by atoms with Gasteiger partial charge in [0.05, 0.1) is 48.1 Å². The predicted octanol–water partition coefficient (Wildman–Crippen LogP) is 9.26. The van der Waals surface area contributed by atoms with E-state index in [4.69, 9.17) is 40.4 Å². The van der Waals surface area contributed by atoms with Crippen LogP contribution in [0.2, 0.25) is 5.15 Å². The summed E-state index contributed by atoms with van der Waals surface area (Å²) in [7, 11) is 5.82. The summed E-state index contributed by atoms with van der Waals surface area (Å²) in [4.78, 5) is 20.0. The van der Waals surface area contributed by atoms with E-state index in [0.717, 1.165) is 23.8 Å². The number of pyridine rings is 1. The second-order valence-electron chi connectivity index (χ2n) is 19.4. The lowest BCUT2D eigenvalue weighted by atomic mass is 9.78. The number of hydrogen-bond donors (Lipinski definition) is 7. The highest BCUT2D eigenvalue weighted by atomic mass is 35.5. The Balaban J connectivity index is 0. The van der Waals surface area contributed by atoms with Crippen molar-refractivity contribution in [3.63, 3.8) is 0 Å². The Morgan fingerprint density at radius 2 is 1.56 bits per heavy atom. The third-order valence-electron chi connectivity index (χ3n) is 12.4. The van der Waals surface area contributed by atoms with Gasteiger partial charge in [0, 0.05) is 37.1 Å². The summed E-state index contributed by atoms with van der Waals surface area (Å²) in [5, 5.41) is 62.8. The zero-order chi connectivity index (χ0) is 55.2. The summed E-state index contributed by atoms with van der Waals surface area (Å²) in [6.45, 7) is 33.8. The second kappa shape index (κ2) is 37.5. The van der Waals surface area contributed by atoms with E-state index in [2.05, 4.69) is 41.3 Å². The van der Waals surface area contributed by atoms with Gasteiger partial charge in [-0.15, -0.1) is 0 Å². The van der Waals surface area contributed by atoms with E-state index in [9.17, 15) is 25.2 Å². The van der Waals surface area contributed by atoms with Gasteiger partial charge in [0.2, 0.25) is 0 Å². The van der Waals surface area contributed by atoms with Crippen molar-refractivity contribution in [3.05, 3.63) is 35.5 Å². The van der Waals surface area contributed by atoms with Crippen molar-refractivity contribution in [2.75, 3.05) is 52.8 Å². The highest BCUT2D eigenvalue weighted by molar-refractivity contribution is 6.30. The summed E-state index contributed by atoms with van der Waals surface area (Å²) in [6, 6.07) is 9.66. The van der Waals surface area contributed by atoms with Crippen molar-refractivity contribution < 1.29 is 54.0 Å². The molecule has 0 aliphatic carbocycles.